The third-order valence-electron chi connectivity index (χ3n) is 3.33. The van der Waals surface area contributed by atoms with Gasteiger partial charge in [0.1, 0.15) is 6.67 Å². The fourth-order valence-electron chi connectivity index (χ4n) is 2.33. The van der Waals surface area contributed by atoms with Crippen LogP contribution in [0.25, 0.3) is 0 Å². The second-order valence-corrected chi connectivity index (χ2v) is 4.42. The summed E-state index contributed by atoms with van der Waals surface area (Å²) in [5, 5.41) is 10.4. The van der Waals surface area contributed by atoms with Crippen molar-refractivity contribution in [1.29, 1.82) is 0 Å². The molecule has 0 unspecified atom stereocenters. The van der Waals surface area contributed by atoms with Crippen molar-refractivity contribution in [3.63, 3.8) is 0 Å². The van der Waals surface area contributed by atoms with Crippen LogP contribution in [-0.4, -0.2) is 5.11 Å². The largest absolute Gasteiger partial charge is 0.385 e. The fraction of sp³-hybridized carbons (Fsp3) is 0.600. The molecular weight excluding hydrogens is 215 g/mol. The van der Waals surface area contributed by atoms with Crippen LogP contribution in [0.5, 0.6) is 0 Å². The molecule has 1 saturated carbocycles. The molecule has 96 valence electrons. The van der Waals surface area contributed by atoms with Crippen molar-refractivity contribution in [2.24, 2.45) is 0 Å². The minimum Gasteiger partial charge on any atom is -0.385 e. The summed E-state index contributed by atoms with van der Waals surface area (Å²) in [4.78, 5) is 0. The summed E-state index contributed by atoms with van der Waals surface area (Å²) in [6.45, 7) is 3.57. The van der Waals surface area contributed by atoms with Crippen molar-refractivity contribution in [3.05, 3.63) is 35.4 Å². The second kappa shape index (κ2) is 6.75. The lowest BCUT2D eigenvalue weighted by Crippen LogP contribution is -2.28. The Hall–Kier alpha value is -0.890. The first kappa shape index (κ1) is 14.2. The summed E-state index contributed by atoms with van der Waals surface area (Å²) in [6, 6.07) is 7.25. The third kappa shape index (κ3) is 3.53. The van der Waals surface area contributed by atoms with Gasteiger partial charge in [-0.05, 0) is 24.0 Å². The lowest BCUT2D eigenvalue weighted by molar-refractivity contribution is -0.000645. The predicted octanol–water partition coefficient (Wildman–Crippen LogP) is 4.33. The van der Waals surface area contributed by atoms with Gasteiger partial charge in [-0.3, -0.25) is 0 Å². The SMILES string of the molecule is CC.OC1(c2ccc(CF)cc2)CCCCC1. The molecule has 0 radical (unpaired) electrons. The van der Waals surface area contributed by atoms with E-state index in [9.17, 15) is 9.50 Å². The molecule has 1 fully saturated rings. The summed E-state index contributed by atoms with van der Waals surface area (Å²) in [5.41, 5.74) is 0.963. The van der Waals surface area contributed by atoms with Crippen molar-refractivity contribution < 1.29 is 9.50 Å². The molecule has 0 aromatic heterocycles. The maximum Gasteiger partial charge on any atom is 0.115 e. The number of halogens is 1. The summed E-state index contributed by atoms with van der Waals surface area (Å²) < 4.78 is 12.3. The smallest absolute Gasteiger partial charge is 0.115 e. The van der Waals surface area contributed by atoms with E-state index in [1.165, 1.54) is 6.42 Å². The average Bonchev–Trinajstić information content (AvgIpc) is 2.42. The average molecular weight is 238 g/mol. The molecule has 0 bridgehead atoms. The van der Waals surface area contributed by atoms with Crippen LogP contribution in [0, 0.1) is 0 Å². The monoisotopic (exact) mass is 238 g/mol. The maximum absolute atomic E-state index is 12.3. The number of alkyl halides is 1. The molecule has 0 saturated heterocycles. The van der Waals surface area contributed by atoms with Gasteiger partial charge in [-0.1, -0.05) is 57.4 Å². The van der Waals surface area contributed by atoms with Crippen LogP contribution < -0.4 is 0 Å². The Morgan fingerprint density at radius 2 is 1.59 bits per heavy atom. The summed E-state index contributed by atoms with van der Waals surface area (Å²) in [5.74, 6) is 0. The van der Waals surface area contributed by atoms with Gasteiger partial charge in [0, 0.05) is 0 Å². The highest BCUT2D eigenvalue weighted by Gasteiger charge is 2.30. The minimum absolute atomic E-state index is 0.432. The van der Waals surface area contributed by atoms with Crippen molar-refractivity contribution in [2.45, 2.75) is 58.2 Å². The van der Waals surface area contributed by atoms with Gasteiger partial charge in [-0.15, -0.1) is 0 Å². The van der Waals surface area contributed by atoms with Crippen LogP contribution in [0.4, 0.5) is 4.39 Å². The molecular formula is C15H23FO. The Morgan fingerprint density at radius 1 is 1.06 bits per heavy atom. The van der Waals surface area contributed by atoms with E-state index in [4.69, 9.17) is 0 Å². The Bertz CT molecular complexity index is 312. The molecule has 2 rings (SSSR count). The fourth-order valence-corrected chi connectivity index (χ4v) is 2.33. The Kier molecular flexibility index (Phi) is 5.63. The molecule has 1 nitrogen and oxygen atoms in total. The molecule has 0 atom stereocenters. The van der Waals surface area contributed by atoms with Gasteiger partial charge in [0.2, 0.25) is 0 Å². The van der Waals surface area contributed by atoms with E-state index in [0.29, 0.717) is 5.56 Å². The Labute approximate surface area is 104 Å². The van der Waals surface area contributed by atoms with Crippen LogP contribution in [0.3, 0.4) is 0 Å². The zero-order chi connectivity index (χ0) is 12.7. The van der Waals surface area contributed by atoms with E-state index in [1.54, 1.807) is 12.1 Å². The molecule has 1 aromatic rings. The van der Waals surface area contributed by atoms with Crippen LogP contribution in [0.15, 0.2) is 24.3 Å². The van der Waals surface area contributed by atoms with Crippen molar-refractivity contribution >= 4 is 0 Å². The number of hydrogen-bond donors (Lipinski definition) is 1. The molecule has 1 aliphatic carbocycles. The van der Waals surface area contributed by atoms with E-state index in [0.717, 1.165) is 31.2 Å². The zero-order valence-electron chi connectivity index (χ0n) is 10.9. The van der Waals surface area contributed by atoms with Crippen molar-refractivity contribution in [2.75, 3.05) is 0 Å². The summed E-state index contributed by atoms with van der Waals surface area (Å²) >= 11 is 0. The van der Waals surface area contributed by atoms with Gasteiger partial charge in [0.05, 0.1) is 5.60 Å². The van der Waals surface area contributed by atoms with Gasteiger partial charge >= 0.3 is 0 Å². The first-order valence-electron chi connectivity index (χ1n) is 6.62. The molecule has 0 spiro atoms. The van der Waals surface area contributed by atoms with E-state index in [-0.39, 0.29) is 0 Å². The van der Waals surface area contributed by atoms with E-state index in [2.05, 4.69) is 0 Å². The molecule has 1 aliphatic rings. The minimum atomic E-state index is -0.660. The number of aliphatic hydroxyl groups is 1. The lowest BCUT2D eigenvalue weighted by Gasteiger charge is -2.32. The molecule has 1 aromatic carbocycles. The highest BCUT2D eigenvalue weighted by molar-refractivity contribution is 5.27. The highest BCUT2D eigenvalue weighted by atomic mass is 19.1. The Morgan fingerprint density at radius 3 is 2.06 bits per heavy atom. The lowest BCUT2D eigenvalue weighted by atomic mass is 9.79. The number of benzene rings is 1. The van der Waals surface area contributed by atoms with Gasteiger partial charge < -0.3 is 5.11 Å². The molecule has 17 heavy (non-hydrogen) atoms. The van der Waals surface area contributed by atoms with E-state index < -0.39 is 12.3 Å². The summed E-state index contributed by atoms with van der Waals surface area (Å²) in [6.07, 6.45) is 5.05. The number of rotatable bonds is 2. The van der Waals surface area contributed by atoms with Crippen molar-refractivity contribution in [1.82, 2.24) is 0 Å². The van der Waals surface area contributed by atoms with Gasteiger partial charge in [0.25, 0.3) is 0 Å². The normalized spacial score (nSPS) is 18.1. The maximum atomic E-state index is 12.3. The molecule has 2 heteroatoms. The predicted molar refractivity (Wildman–Crippen MR) is 69.6 cm³/mol. The van der Waals surface area contributed by atoms with Gasteiger partial charge in [-0.25, -0.2) is 4.39 Å². The molecule has 0 amide bonds. The topological polar surface area (TPSA) is 20.2 Å². The van der Waals surface area contributed by atoms with E-state index >= 15 is 0 Å². The summed E-state index contributed by atoms with van der Waals surface area (Å²) in [7, 11) is 0. The van der Waals surface area contributed by atoms with Crippen LogP contribution in [0.1, 0.15) is 57.1 Å². The molecule has 0 heterocycles. The standard InChI is InChI=1S/C13H17FO.C2H6/c14-10-11-4-6-12(7-5-11)13(15)8-2-1-3-9-13;1-2/h4-7,15H,1-3,8-10H2;1-2H3. The van der Waals surface area contributed by atoms with Crippen LogP contribution in [0.2, 0.25) is 0 Å². The number of hydrogen-bond acceptors (Lipinski definition) is 1. The van der Waals surface area contributed by atoms with Crippen LogP contribution in [-0.2, 0) is 12.3 Å². The second-order valence-electron chi connectivity index (χ2n) is 4.42. The van der Waals surface area contributed by atoms with Crippen LogP contribution >= 0.6 is 0 Å². The van der Waals surface area contributed by atoms with Gasteiger partial charge in [-0.2, -0.15) is 0 Å². The zero-order valence-corrected chi connectivity index (χ0v) is 10.9. The third-order valence-corrected chi connectivity index (χ3v) is 3.33. The van der Waals surface area contributed by atoms with E-state index in [1.807, 2.05) is 26.0 Å². The first-order valence-corrected chi connectivity index (χ1v) is 6.62. The van der Waals surface area contributed by atoms with Crippen molar-refractivity contribution in [3.8, 4) is 0 Å². The quantitative estimate of drug-likeness (QED) is 0.813. The van der Waals surface area contributed by atoms with Gasteiger partial charge in [0.15, 0.2) is 0 Å². The highest BCUT2D eigenvalue weighted by Crippen LogP contribution is 2.36. The first-order chi connectivity index (χ1) is 8.24. The molecule has 1 N–H and O–H groups in total. The molecule has 0 aliphatic heterocycles. The Balaban J connectivity index is 0.000000686.